The Balaban J connectivity index is 1.62. The second-order valence-electron chi connectivity index (χ2n) is 6.80. The fourth-order valence-corrected chi connectivity index (χ4v) is 3.53. The number of amides is 2. The van der Waals surface area contributed by atoms with E-state index in [4.69, 9.17) is 25.8 Å². The van der Waals surface area contributed by atoms with Crippen LogP contribution in [0.25, 0.3) is 0 Å². The number of para-hydroxylation sites is 2. The normalized spacial score (nSPS) is 10.6. The highest BCUT2D eigenvalue weighted by atomic mass is 79.9. The van der Waals surface area contributed by atoms with Gasteiger partial charge in [0.1, 0.15) is 12.4 Å². The van der Waals surface area contributed by atoms with Gasteiger partial charge in [0.15, 0.2) is 11.5 Å². The number of hydrogen-bond donors (Lipinski definition) is 2. The summed E-state index contributed by atoms with van der Waals surface area (Å²) in [5.74, 6) is -0.412. The maximum Gasteiger partial charge on any atom is 0.329 e. The van der Waals surface area contributed by atoms with Crippen LogP contribution in [-0.4, -0.2) is 32.2 Å². The molecule has 0 aliphatic rings. The number of benzene rings is 3. The Morgan fingerprint density at radius 3 is 2.41 bits per heavy atom. The molecule has 0 spiro atoms. The minimum Gasteiger partial charge on any atom is -0.495 e. The van der Waals surface area contributed by atoms with Crippen molar-refractivity contribution in [2.45, 2.75) is 6.61 Å². The van der Waals surface area contributed by atoms with Gasteiger partial charge in [-0.2, -0.15) is 5.10 Å². The highest BCUT2D eigenvalue weighted by molar-refractivity contribution is 9.10. The monoisotopic (exact) mass is 545 g/mol. The number of ether oxygens (including phenoxy) is 3. The van der Waals surface area contributed by atoms with E-state index in [2.05, 4.69) is 31.8 Å². The van der Waals surface area contributed by atoms with Gasteiger partial charge in [-0.3, -0.25) is 9.59 Å². The second-order valence-corrected chi connectivity index (χ2v) is 8.09. The standard InChI is InChI=1S/C24H21BrClN3O5/c1-32-20-6-4-3-5-19(20)28-23(30)24(31)29-27-13-16-11-18(25)22(21(12-16)33-2)34-14-15-7-9-17(26)10-8-15/h3-13H,14H2,1-2H3,(H,28,30)(H,29,31). The third kappa shape index (κ3) is 6.72. The Hall–Kier alpha value is -3.56. The molecule has 3 aromatic rings. The number of rotatable bonds is 8. The van der Waals surface area contributed by atoms with Crippen molar-refractivity contribution in [1.82, 2.24) is 5.43 Å². The molecule has 0 aliphatic carbocycles. The highest BCUT2D eigenvalue weighted by Gasteiger charge is 2.15. The van der Waals surface area contributed by atoms with Crippen LogP contribution in [0.1, 0.15) is 11.1 Å². The van der Waals surface area contributed by atoms with Crippen LogP contribution in [0.4, 0.5) is 5.69 Å². The van der Waals surface area contributed by atoms with Crippen LogP contribution < -0.4 is 25.0 Å². The lowest BCUT2D eigenvalue weighted by molar-refractivity contribution is -0.136. The van der Waals surface area contributed by atoms with Gasteiger partial charge < -0.3 is 19.5 Å². The van der Waals surface area contributed by atoms with E-state index in [0.29, 0.717) is 44.6 Å². The number of hydrazone groups is 1. The van der Waals surface area contributed by atoms with Crippen molar-refractivity contribution in [2.24, 2.45) is 5.10 Å². The molecule has 0 atom stereocenters. The van der Waals surface area contributed by atoms with Crippen molar-refractivity contribution in [1.29, 1.82) is 0 Å². The number of hydrogen-bond acceptors (Lipinski definition) is 6. The fourth-order valence-electron chi connectivity index (χ4n) is 2.83. The molecule has 0 fully saturated rings. The molecule has 10 heteroatoms. The van der Waals surface area contributed by atoms with Crippen molar-refractivity contribution in [3.8, 4) is 17.2 Å². The first-order valence-electron chi connectivity index (χ1n) is 9.93. The smallest absolute Gasteiger partial charge is 0.329 e. The van der Waals surface area contributed by atoms with E-state index < -0.39 is 11.8 Å². The van der Waals surface area contributed by atoms with E-state index in [0.717, 1.165) is 5.56 Å². The first-order chi connectivity index (χ1) is 16.4. The summed E-state index contributed by atoms with van der Waals surface area (Å²) >= 11 is 9.38. The molecule has 0 aliphatic heterocycles. The van der Waals surface area contributed by atoms with Crippen molar-refractivity contribution in [2.75, 3.05) is 19.5 Å². The van der Waals surface area contributed by atoms with Crippen LogP contribution in [0, 0.1) is 0 Å². The topological polar surface area (TPSA) is 98.2 Å². The van der Waals surface area contributed by atoms with E-state index in [9.17, 15) is 9.59 Å². The predicted molar refractivity (Wildman–Crippen MR) is 134 cm³/mol. The average molecular weight is 547 g/mol. The Labute approximate surface area is 210 Å². The summed E-state index contributed by atoms with van der Waals surface area (Å²) in [6.45, 7) is 0.316. The van der Waals surface area contributed by atoms with E-state index in [-0.39, 0.29) is 0 Å². The molecule has 34 heavy (non-hydrogen) atoms. The molecule has 2 amide bonds. The van der Waals surface area contributed by atoms with Gasteiger partial charge in [-0.05, 0) is 63.5 Å². The molecule has 0 aromatic heterocycles. The molecule has 0 heterocycles. The molecular weight excluding hydrogens is 526 g/mol. The molecule has 0 bridgehead atoms. The summed E-state index contributed by atoms with van der Waals surface area (Å²) in [7, 11) is 2.98. The Bertz CT molecular complexity index is 1200. The molecule has 2 N–H and O–H groups in total. The molecule has 8 nitrogen and oxygen atoms in total. The zero-order valence-electron chi connectivity index (χ0n) is 18.3. The van der Waals surface area contributed by atoms with Gasteiger partial charge in [-0.15, -0.1) is 0 Å². The number of carbonyl (C=O) groups is 2. The number of anilines is 1. The van der Waals surface area contributed by atoms with Crippen molar-refractivity contribution in [3.63, 3.8) is 0 Å². The average Bonchev–Trinajstić information content (AvgIpc) is 2.84. The first-order valence-corrected chi connectivity index (χ1v) is 11.1. The molecule has 0 saturated heterocycles. The zero-order chi connectivity index (χ0) is 24.5. The number of halogens is 2. The number of nitrogens with zero attached hydrogens (tertiary/aromatic N) is 1. The molecule has 0 unspecified atom stereocenters. The predicted octanol–water partition coefficient (Wildman–Crippen LogP) is 4.79. The number of methoxy groups -OCH3 is 2. The van der Waals surface area contributed by atoms with Crippen LogP contribution in [0.3, 0.4) is 0 Å². The van der Waals surface area contributed by atoms with Crippen LogP contribution in [0.2, 0.25) is 5.02 Å². The van der Waals surface area contributed by atoms with Gasteiger partial charge in [0.05, 0.1) is 30.6 Å². The first kappa shape index (κ1) is 25.1. The lowest BCUT2D eigenvalue weighted by atomic mass is 10.2. The highest BCUT2D eigenvalue weighted by Crippen LogP contribution is 2.37. The van der Waals surface area contributed by atoms with Crippen molar-refractivity contribution >= 4 is 51.2 Å². The third-order valence-electron chi connectivity index (χ3n) is 4.49. The van der Waals surface area contributed by atoms with E-state index >= 15 is 0 Å². The molecule has 3 aromatic carbocycles. The van der Waals surface area contributed by atoms with E-state index in [1.807, 2.05) is 12.1 Å². The van der Waals surface area contributed by atoms with Gasteiger partial charge in [0, 0.05) is 5.02 Å². The van der Waals surface area contributed by atoms with E-state index in [1.165, 1.54) is 20.4 Å². The van der Waals surface area contributed by atoms with Gasteiger partial charge >= 0.3 is 11.8 Å². The minimum absolute atomic E-state index is 0.316. The number of nitrogens with one attached hydrogen (secondary N) is 2. The summed E-state index contributed by atoms with van der Waals surface area (Å²) in [4.78, 5) is 24.2. The maximum absolute atomic E-state index is 12.1. The summed E-state index contributed by atoms with van der Waals surface area (Å²) in [6, 6.07) is 17.5. The van der Waals surface area contributed by atoms with Crippen LogP contribution >= 0.6 is 27.5 Å². The molecular formula is C24H21BrClN3O5. The van der Waals surface area contributed by atoms with Crippen LogP contribution in [0.15, 0.2) is 70.2 Å². The molecule has 0 radical (unpaired) electrons. The van der Waals surface area contributed by atoms with Gasteiger partial charge in [-0.25, -0.2) is 5.43 Å². The van der Waals surface area contributed by atoms with Crippen LogP contribution in [0.5, 0.6) is 17.2 Å². The lowest BCUT2D eigenvalue weighted by Crippen LogP contribution is -2.32. The lowest BCUT2D eigenvalue weighted by Gasteiger charge is -2.13. The fraction of sp³-hybridized carbons (Fsp3) is 0.125. The minimum atomic E-state index is -0.934. The summed E-state index contributed by atoms with van der Waals surface area (Å²) in [5, 5.41) is 6.97. The molecule has 3 rings (SSSR count). The van der Waals surface area contributed by atoms with Crippen molar-refractivity contribution < 1.29 is 23.8 Å². The van der Waals surface area contributed by atoms with Crippen molar-refractivity contribution in [3.05, 3.63) is 81.3 Å². The SMILES string of the molecule is COc1ccccc1NC(=O)C(=O)NN=Cc1cc(Br)c(OCc2ccc(Cl)cc2)c(OC)c1. The summed E-state index contributed by atoms with van der Waals surface area (Å²) < 4.78 is 17.1. The summed E-state index contributed by atoms with van der Waals surface area (Å²) in [6.07, 6.45) is 1.38. The van der Waals surface area contributed by atoms with E-state index in [1.54, 1.807) is 48.5 Å². The largest absolute Gasteiger partial charge is 0.495 e. The van der Waals surface area contributed by atoms with Crippen LogP contribution in [-0.2, 0) is 16.2 Å². The number of carbonyl (C=O) groups excluding carboxylic acids is 2. The molecule has 176 valence electrons. The third-order valence-corrected chi connectivity index (χ3v) is 5.33. The van der Waals surface area contributed by atoms with Gasteiger partial charge in [-0.1, -0.05) is 35.9 Å². The Morgan fingerprint density at radius 2 is 1.71 bits per heavy atom. The Kier molecular flexibility index (Phi) is 8.89. The van der Waals surface area contributed by atoms with Gasteiger partial charge in [0.25, 0.3) is 0 Å². The van der Waals surface area contributed by atoms with Gasteiger partial charge in [0.2, 0.25) is 0 Å². The molecule has 0 saturated carbocycles. The zero-order valence-corrected chi connectivity index (χ0v) is 20.6. The maximum atomic E-state index is 12.1. The second kappa shape index (κ2) is 12.1. The quantitative estimate of drug-likeness (QED) is 0.241. The Morgan fingerprint density at radius 1 is 1.00 bits per heavy atom. The summed E-state index contributed by atoms with van der Waals surface area (Å²) in [5.41, 5.74) is 4.11.